The van der Waals surface area contributed by atoms with Gasteiger partial charge in [-0.25, -0.2) is 0 Å². The predicted molar refractivity (Wildman–Crippen MR) is 77.6 cm³/mol. The summed E-state index contributed by atoms with van der Waals surface area (Å²) in [6.45, 7) is 4.90. The van der Waals surface area contributed by atoms with Crippen LogP contribution in [0, 0.1) is 0 Å². The van der Waals surface area contributed by atoms with Crippen LogP contribution >= 0.6 is 0 Å². The van der Waals surface area contributed by atoms with Gasteiger partial charge in [0.1, 0.15) is 12.2 Å². The SMILES string of the molecule is CC1(C)O[C@H]2[C@@H](C(O)CO)N(Cc3ccccc3)C[C@H]2O1. The second kappa shape index (κ2) is 5.66. The Morgan fingerprint density at radius 3 is 2.67 bits per heavy atom. The lowest BCUT2D eigenvalue weighted by atomic mass is 10.0. The first-order valence-electron chi connectivity index (χ1n) is 7.43. The minimum atomic E-state index is -0.832. The van der Waals surface area contributed by atoms with Gasteiger partial charge < -0.3 is 19.7 Å². The molecule has 0 radical (unpaired) electrons. The second-order valence-corrected chi connectivity index (χ2v) is 6.29. The summed E-state index contributed by atoms with van der Waals surface area (Å²) in [4.78, 5) is 2.14. The summed E-state index contributed by atoms with van der Waals surface area (Å²) in [6.07, 6.45) is -1.10. The first kappa shape index (κ1) is 14.9. The number of nitrogens with zero attached hydrogens (tertiary/aromatic N) is 1. The Hall–Kier alpha value is -0.980. The van der Waals surface area contributed by atoms with Crippen LogP contribution in [0.2, 0.25) is 0 Å². The van der Waals surface area contributed by atoms with E-state index >= 15 is 0 Å². The predicted octanol–water partition coefficient (Wildman–Crippen LogP) is 0.744. The average molecular weight is 293 g/mol. The van der Waals surface area contributed by atoms with E-state index < -0.39 is 11.9 Å². The molecule has 5 heteroatoms. The third kappa shape index (κ3) is 2.98. The number of aliphatic hydroxyl groups is 2. The normalized spacial score (nSPS) is 33.0. The van der Waals surface area contributed by atoms with Gasteiger partial charge in [0.2, 0.25) is 0 Å². The van der Waals surface area contributed by atoms with Crippen LogP contribution in [0.15, 0.2) is 30.3 Å². The molecule has 1 aromatic rings. The molecule has 2 heterocycles. The Balaban J connectivity index is 1.78. The van der Waals surface area contributed by atoms with Crippen LogP contribution < -0.4 is 0 Å². The highest BCUT2D eigenvalue weighted by molar-refractivity contribution is 5.16. The maximum absolute atomic E-state index is 10.2. The van der Waals surface area contributed by atoms with E-state index in [9.17, 15) is 10.2 Å². The first-order chi connectivity index (χ1) is 10.00. The van der Waals surface area contributed by atoms with Gasteiger partial charge in [0, 0.05) is 13.1 Å². The Labute approximate surface area is 125 Å². The van der Waals surface area contributed by atoms with E-state index in [2.05, 4.69) is 17.0 Å². The van der Waals surface area contributed by atoms with Crippen LogP contribution in [0.1, 0.15) is 19.4 Å². The van der Waals surface area contributed by atoms with Gasteiger partial charge in [0.25, 0.3) is 0 Å². The molecule has 116 valence electrons. The number of ether oxygens (including phenoxy) is 2. The molecule has 2 N–H and O–H groups in total. The van der Waals surface area contributed by atoms with E-state index in [0.717, 1.165) is 0 Å². The summed E-state index contributed by atoms with van der Waals surface area (Å²) in [5, 5.41) is 19.6. The molecule has 1 unspecified atom stereocenters. The van der Waals surface area contributed by atoms with Crippen molar-refractivity contribution in [3.05, 3.63) is 35.9 Å². The van der Waals surface area contributed by atoms with Gasteiger partial charge in [-0.15, -0.1) is 0 Å². The summed E-state index contributed by atoms with van der Waals surface area (Å²) >= 11 is 0. The number of likely N-dealkylation sites (tertiary alicyclic amines) is 1. The number of rotatable bonds is 4. The number of benzene rings is 1. The monoisotopic (exact) mass is 293 g/mol. The van der Waals surface area contributed by atoms with Gasteiger partial charge in [-0.1, -0.05) is 30.3 Å². The minimum Gasteiger partial charge on any atom is -0.394 e. The first-order valence-corrected chi connectivity index (χ1v) is 7.43. The average Bonchev–Trinajstić information content (AvgIpc) is 2.90. The number of aliphatic hydroxyl groups excluding tert-OH is 2. The van der Waals surface area contributed by atoms with Crippen molar-refractivity contribution in [2.24, 2.45) is 0 Å². The van der Waals surface area contributed by atoms with Crippen molar-refractivity contribution in [1.29, 1.82) is 0 Å². The molecule has 4 atom stereocenters. The van der Waals surface area contributed by atoms with Crippen molar-refractivity contribution >= 4 is 0 Å². The Kier molecular flexibility index (Phi) is 4.03. The van der Waals surface area contributed by atoms with Crippen LogP contribution in [0.4, 0.5) is 0 Å². The van der Waals surface area contributed by atoms with Gasteiger partial charge in [-0.05, 0) is 19.4 Å². The number of hydrogen-bond acceptors (Lipinski definition) is 5. The summed E-state index contributed by atoms with van der Waals surface area (Å²) in [6, 6.07) is 9.85. The fourth-order valence-electron chi connectivity index (χ4n) is 3.41. The van der Waals surface area contributed by atoms with Crippen LogP contribution in [0.3, 0.4) is 0 Å². The molecular weight excluding hydrogens is 270 g/mol. The second-order valence-electron chi connectivity index (χ2n) is 6.29. The molecule has 0 amide bonds. The van der Waals surface area contributed by atoms with Gasteiger partial charge in [-0.3, -0.25) is 4.90 Å². The summed E-state index contributed by atoms with van der Waals surface area (Å²) < 4.78 is 11.9. The molecular formula is C16H23NO4. The van der Waals surface area contributed by atoms with E-state index in [0.29, 0.717) is 13.1 Å². The zero-order valence-electron chi connectivity index (χ0n) is 12.5. The van der Waals surface area contributed by atoms with Gasteiger partial charge >= 0.3 is 0 Å². The molecule has 0 bridgehead atoms. The third-order valence-electron chi connectivity index (χ3n) is 4.20. The van der Waals surface area contributed by atoms with E-state index in [1.807, 2.05) is 32.0 Å². The lowest BCUT2D eigenvalue weighted by Crippen LogP contribution is -2.47. The highest BCUT2D eigenvalue weighted by Crippen LogP contribution is 2.38. The largest absolute Gasteiger partial charge is 0.394 e. The Bertz CT molecular complexity index is 478. The Morgan fingerprint density at radius 1 is 1.29 bits per heavy atom. The van der Waals surface area contributed by atoms with Gasteiger partial charge in [0.15, 0.2) is 5.79 Å². The van der Waals surface area contributed by atoms with E-state index in [-0.39, 0.29) is 24.9 Å². The summed E-state index contributed by atoms with van der Waals surface area (Å²) in [7, 11) is 0. The van der Waals surface area contributed by atoms with E-state index in [4.69, 9.17) is 9.47 Å². The topological polar surface area (TPSA) is 62.2 Å². The smallest absolute Gasteiger partial charge is 0.163 e. The maximum atomic E-state index is 10.2. The molecule has 3 rings (SSSR count). The molecule has 0 spiro atoms. The molecule has 2 fully saturated rings. The fourth-order valence-corrected chi connectivity index (χ4v) is 3.41. The fraction of sp³-hybridized carbons (Fsp3) is 0.625. The standard InChI is InChI=1S/C16H23NO4/c1-16(2)20-13-9-17(8-11-6-4-3-5-7-11)14(12(19)10-18)15(13)21-16/h3-7,12-15,18-19H,8-10H2,1-2H3/t12?,13-,14-,15-/m1/s1. The number of hydrogen-bond donors (Lipinski definition) is 2. The Morgan fingerprint density at radius 2 is 2.00 bits per heavy atom. The van der Waals surface area contributed by atoms with E-state index in [1.165, 1.54) is 5.56 Å². The molecule has 21 heavy (non-hydrogen) atoms. The van der Waals surface area contributed by atoms with Crippen molar-refractivity contribution in [3.8, 4) is 0 Å². The van der Waals surface area contributed by atoms with Crippen LogP contribution in [-0.2, 0) is 16.0 Å². The minimum absolute atomic E-state index is 0.0603. The lowest BCUT2D eigenvalue weighted by molar-refractivity contribution is -0.169. The summed E-state index contributed by atoms with van der Waals surface area (Å²) in [5.41, 5.74) is 1.17. The lowest BCUT2D eigenvalue weighted by Gasteiger charge is -2.32. The summed E-state index contributed by atoms with van der Waals surface area (Å²) in [5.74, 6) is -0.623. The van der Waals surface area contributed by atoms with Crippen molar-refractivity contribution in [2.75, 3.05) is 13.2 Å². The molecule has 2 aliphatic rings. The van der Waals surface area contributed by atoms with Crippen molar-refractivity contribution in [3.63, 3.8) is 0 Å². The van der Waals surface area contributed by atoms with Gasteiger partial charge in [-0.2, -0.15) is 0 Å². The maximum Gasteiger partial charge on any atom is 0.163 e. The zero-order chi connectivity index (χ0) is 15.0. The highest BCUT2D eigenvalue weighted by Gasteiger charge is 2.54. The highest BCUT2D eigenvalue weighted by atomic mass is 16.8. The van der Waals surface area contributed by atoms with Crippen molar-refractivity contribution < 1.29 is 19.7 Å². The molecule has 5 nitrogen and oxygen atoms in total. The van der Waals surface area contributed by atoms with Gasteiger partial charge in [0.05, 0.1) is 18.8 Å². The molecule has 0 aliphatic carbocycles. The number of fused-ring (bicyclic) bond motifs is 1. The third-order valence-corrected chi connectivity index (χ3v) is 4.20. The molecule has 0 saturated carbocycles. The van der Waals surface area contributed by atoms with Crippen molar-refractivity contribution in [2.45, 2.75) is 50.5 Å². The van der Waals surface area contributed by atoms with Crippen LogP contribution in [-0.4, -0.2) is 58.4 Å². The molecule has 2 saturated heterocycles. The van der Waals surface area contributed by atoms with Crippen LogP contribution in [0.5, 0.6) is 0 Å². The van der Waals surface area contributed by atoms with Crippen molar-refractivity contribution in [1.82, 2.24) is 4.90 Å². The van der Waals surface area contributed by atoms with E-state index in [1.54, 1.807) is 0 Å². The molecule has 1 aromatic carbocycles. The zero-order valence-corrected chi connectivity index (χ0v) is 12.5. The van der Waals surface area contributed by atoms with Crippen LogP contribution in [0.25, 0.3) is 0 Å². The quantitative estimate of drug-likeness (QED) is 0.857. The molecule has 2 aliphatic heterocycles. The molecule has 0 aromatic heterocycles.